The molecule has 2 heterocycles. The highest BCUT2D eigenvalue weighted by molar-refractivity contribution is 7.07. The fourth-order valence-electron chi connectivity index (χ4n) is 2.86. The van der Waals surface area contributed by atoms with E-state index in [0.717, 1.165) is 19.5 Å². The van der Waals surface area contributed by atoms with Gasteiger partial charge < -0.3 is 10.2 Å². The van der Waals surface area contributed by atoms with Gasteiger partial charge in [-0.1, -0.05) is 12.1 Å². The van der Waals surface area contributed by atoms with Crippen LogP contribution in [0.4, 0.5) is 5.69 Å². The first kappa shape index (κ1) is 13.7. The minimum Gasteiger partial charge on any atom is -0.374 e. The topological polar surface area (TPSA) is 15.3 Å². The van der Waals surface area contributed by atoms with Crippen molar-refractivity contribution in [3.63, 3.8) is 0 Å². The SMILES string of the molecule is CC(Cc1ccsc1)NCc1ccc2c(c1)CCN2C. The quantitative estimate of drug-likeness (QED) is 0.905. The van der Waals surface area contributed by atoms with Crippen molar-refractivity contribution in [1.29, 1.82) is 0 Å². The Morgan fingerprint density at radius 2 is 2.20 bits per heavy atom. The highest BCUT2D eigenvalue weighted by atomic mass is 32.1. The van der Waals surface area contributed by atoms with Crippen LogP contribution in [-0.4, -0.2) is 19.6 Å². The Balaban J connectivity index is 1.56. The van der Waals surface area contributed by atoms with Gasteiger partial charge in [-0.3, -0.25) is 0 Å². The van der Waals surface area contributed by atoms with Crippen molar-refractivity contribution in [1.82, 2.24) is 5.32 Å². The van der Waals surface area contributed by atoms with E-state index in [0.29, 0.717) is 6.04 Å². The lowest BCUT2D eigenvalue weighted by molar-refractivity contribution is 0.546. The highest BCUT2D eigenvalue weighted by Gasteiger charge is 2.15. The zero-order valence-electron chi connectivity index (χ0n) is 12.2. The van der Waals surface area contributed by atoms with E-state index < -0.39 is 0 Å². The van der Waals surface area contributed by atoms with Gasteiger partial charge in [-0.15, -0.1) is 0 Å². The zero-order chi connectivity index (χ0) is 13.9. The van der Waals surface area contributed by atoms with Gasteiger partial charge >= 0.3 is 0 Å². The van der Waals surface area contributed by atoms with E-state index in [1.54, 1.807) is 11.3 Å². The molecule has 1 aromatic heterocycles. The van der Waals surface area contributed by atoms with Crippen LogP contribution >= 0.6 is 11.3 Å². The molecule has 1 aliphatic heterocycles. The number of likely N-dealkylation sites (N-methyl/N-ethyl adjacent to an activating group) is 1. The van der Waals surface area contributed by atoms with Crippen molar-refractivity contribution in [2.45, 2.75) is 32.4 Å². The molecule has 0 saturated carbocycles. The monoisotopic (exact) mass is 286 g/mol. The van der Waals surface area contributed by atoms with Gasteiger partial charge in [0.05, 0.1) is 0 Å². The Labute approximate surface area is 125 Å². The van der Waals surface area contributed by atoms with Crippen LogP contribution in [0.5, 0.6) is 0 Å². The Morgan fingerprint density at radius 1 is 1.30 bits per heavy atom. The van der Waals surface area contributed by atoms with Gasteiger partial charge in [-0.2, -0.15) is 11.3 Å². The Bertz CT molecular complexity index is 562. The summed E-state index contributed by atoms with van der Waals surface area (Å²) in [6.45, 7) is 4.38. The van der Waals surface area contributed by atoms with Crippen molar-refractivity contribution in [3.8, 4) is 0 Å². The summed E-state index contributed by atoms with van der Waals surface area (Å²) in [5, 5.41) is 8.02. The van der Waals surface area contributed by atoms with Crippen LogP contribution in [0.25, 0.3) is 0 Å². The molecule has 1 aliphatic rings. The van der Waals surface area contributed by atoms with Gasteiger partial charge in [0.2, 0.25) is 0 Å². The number of nitrogens with zero attached hydrogens (tertiary/aromatic N) is 1. The summed E-state index contributed by atoms with van der Waals surface area (Å²) in [4.78, 5) is 2.34. The number of anilines is 1. The second kappa shape index (κ2) is 5.98. The van der Waals surface area contributed by atoms with Gasteiger partial charge in [0, 0.05) is 31.9 Å². The van der Waals surface area contributed by atoms with Crippen LogP contribution in [0.2, 0.25) is 0 Å². The predicted molar refractivity (Wildman–Crippen MR) is 87.7 cm³/mol. The smallest absolute Gasteiger partial charge is 0.0397 e. The molecule has 1 N–H and O–H groups in total. The summed E-state index contributed by atoms with van der Waals surface area (Å²) in [5.74, 6) is 0. The summed E-state index contributed by atoms with van der Waals surface area (Å²) < 4.78 is 0. The molecule has 3 rings (SSSR count). The summed E-state index contributed by atoms with van der Waals surface area (Å²) in [7, 11) is 2.17. The van der Waals surface area contributed by atoms with E-state index in [1.165, 1.54) is 28.8 Å². The lowest BCUT2D eigenvalue weighted by Crippen LogP contribution is -2.27. The van der Waals surface area contributed by atoms with E-state index in [2.05, 4.69) is 59.2 Å². The predicted octanol–water partition coefficient (Wildman–Crippen LogP) is 3.46. The van der Waals surface area contributed by atoms with Crippen LogP contribution in [0, 0.1) is 0 Å². The van der Waals surface area contributed by atoms with Crippen LogP contribution in [0.15, 0.2) is 35.0 Å². The van der Waals surface area contributed by atoms with E-state index in [9.17, 15) is 0 Å². The summed E-state index contributed by atoms with van der Waals surface area (Å²) in [5.41, 5.74) is 5.74. The number of thiophene rings is 1. The molecular weight excluding hydrogens is 264 g/mol. The van der Waals surface area contributed by atoms with Crippen molar-refractivity contribution in [3.05, 3.63) is 51.7 Å². The average molecular weight is 286 g/mol. The molecule has 106 valence electrons. The summed E-state index contributed by atoms with van der Waals surface area (Å²) in [6.07, 6.45) is 2.29. The highest BCUT2D eigenvalue weighted by Crippen LogP contribution is 2.27. The maximum absolute atomic E-state index is 3.63. The molecule has 0 radical (unpaired) electrons. The van der Waals surface area contributed by atoms with E-state index >= 15 is 0 Å². The van der Waals surface area contributed by atoms with Crippen molar-refractivity contribution in [2.75, 3.05) is 18.5 Å². The first-order valence-corrected chi connectivity index (χ1v) is 8.24. The summed E-state index contributed by atoms with van der Waals surface area (Å²) in [6, 6.07) is 9.62. The third-order valence-corrected chi connectivity index (χ3v) is 4.78. The zero-order valence-corrected chi connectivity index (χ0v) is 13.0. The van der Waals surface area contributed by atoms with Gasteiger partial charge in [0.25, 0.3) is 0 Å². The number of hydrogen-bond acceptors (Lipinski definition) is 3. The fourth-order valence-corrected chi connectivity index (χ4v) is 3.54. The second-order valence-corrected chi connectivity index (χ2v) is 6.53. The molecule has 2 aromatic rings. The number of hydrogen-bond donors (Lipinski definition) is 1. The minimum absolute atomic E-state index is 0.514. The third kappa shape index (κ3) is 3.05. The van der Waals surface area contributed by atoms with Crippen molar-refractivity contribution < 1.29 is 0 Å². The maximum atomic E-state index is 3.63. The molecule has 1 aromatic carbocycles. The first-order valence-electron chi connectivity index (χ1n) is 7.30. The number of fused-ring (bicyclic) bond motifs is 1. The second-order valence-electron chi connectivity index (χ2n) is 5.75. The molecule has 2 nitrogen and oxygen atoms in total. The largest absolute Gasteiger partial charge is 0.374 e. The molecule has 0 amide bonds. The normalized spacial score (nSPS) is 15.4. The minimum atomic E-state index is 0.514. The van der Waals surface area contributed by atoms with E-state index in [-0.39, 0.29) is 0 Å². The van der Waals surface area contributed by atoms with E-state index in [1.807, 2.05) is 0 Å². The summed E-state index contributed by atoms with van der Waals surface area (Å²) >= 11 is 1.78. The number of benzene rings is 1. The van der Waals surface area contributed by atoms with Crippen LogP contribution in [0.1, 0.15) is 23.6 Å². The van der Waals surface area contributed by atoms with E-state index in [4.69, 9.17) is 0 Å². The van der Waals surface area contributed by atoms with Crippen LogP contribution in [0.3, 0.4) is 0 Å². The average Bonchev–Trinajstić information content (AvgIpc) is 3.07. The van der Waals surface area contributed by atoms with Gasteiger partial charge in [-0.05, 0) is 59.3 Å². The first-order chi connectivity index (χ1) is 9.72. The molecule has 1 atom stereocenters. The molecular formula is C17H22N2S. The van der Waals surface area contributed by atoms with Crippen LogP contribution < -0.4 is 10.2 Å². The van der Waals surface area contributed by atoms with Gasteiger partial charge in [0.1, 0.15) is 0 Å². The lowest BCUT2D eigenvalue weighted by Gasteiger charge is -2.15. The molecule has 0 saturated heterocycles. The molecule has 0 aliphatic carbocycles. The molecule has 20 heavy (non-hydrogen) atoms. The molecule has 3 heteroatoms. The van der Waals surface area contributed by atoms with Crippen molar-refractivity contribution in [2.24, 2.45) is 0 Å². The van der Waals surface area contributed by atoms with Gasteiger partial charge in [0.15, 0.2) is 0 Å². The molecule has 0 bridgehead atoms. The van der Waals surface area contributed by atoms with Gasteiger partial charge in [-0.25, -0.2) is 0 Å². The molecule has 0 fully saturated rings. The molecule has 0 spiro atoms. The Morgan fingerprint density at radius 3 is 3.00 bits per heavy atom. The Hall–Kier alpha value is -1.32. The standard InChI is InChI=1S/C17H22N2S/c1-13(9-15-6-8-20-12-15)18-11-14-3-4-17-16(10-14)5-7-19(17)2/h3-4,6,8,10,12-13,18H,5,7,9,11H2,1-2H3. The van der Waals surface area contributed by atoms with Crippen LogP contribution in [-0.2, 0) is 19.4 Å². The third-order valence-electron chi connectivity index (χ3n) is 4.05. The maximum Gasteiger partial charge on any atom is 0.0397 e. The number of rotatable bonds is 5. The lowest BCUT2D eigenvalue weighted by atomic mass is 10.1. The molecule has 1 unspecified atom stereocenters. The number of nitrogens with one attached hydrogen (secondary N) is 1. The fraction of sp³-hybridized carbons (Fsp3) is 0.412. The Kier molecular flexibility index (Phi) is 4.08. The van der Waals surface area contributed by atoms with Crippen molar-refractivity contribution >= 4 is 17.0 Å².